The number of aliphatic hydroxyl groups is 1. The highest BCUT2D eigenvalue weighted by Gasteiger charge is 2.19. The van der Waals surface area contributed by atoms with Crippen LogP contribution in [0.15, 0.2) is 24.3 Å². The quantitative estimate of drug-likeness (QED) is 0.862. The van der Waals surface area contributed by atoms with Gasteiger partial charge in [-0.05, 0) is 37.1 Å². The molecule has 1 heterocycles. The molecular formula is C13H19ClN2O. The van der Waals surface area contributed by atoms with Gasteiger partial charge in [-0.2, -0.15) is 0 Å². The summed E-state index contributed by atoms with van der Waals surface area (Å²) < 4.78 is 0. The number of hydrogen-bond donors (Lipinski definition) is 2. The Kier molecular flexibility index (Phi) is 4.66. The zero-order valence-electron chi connectivity index (χ0n) is 9.90. The third-order valence-corrected chi connectivity index (χ3v) is 3.41. The number of benzene rings is 1. The summed E-state index contributed by atoms with van der Waals surface area (Å²) in [6.45, 7) is 2.98. The average Bonchev–Trinajstić information content (AvgIpc) is 2.37. The number of rotatable bonds is 4. The molecule has 0 saturated carbocycles. The smallest absolute Gasteiger partial charge is 0.0556 e. The molecule has 0 aromatic heterocycles. The van der Waals surface area contributed by atoms with Crippen LogP contribution >= 0.6 is 11.6 Å². The zero-order chi connectivity index (χ0) is 12.1. The van der Waals surface area contributed by atoms with E-state index in [1.807, 2.05) is 12.1 Å². The molecule has 3 nitrogen and oxygen atoms in total. The monoisotopic (exact) mass is 254 g/mol. The van der Waals surface area contributed by atoms with Gasteiger partial charge in [-0.1, -0.05) is 11.6 Å². The van der Waals surface area contributed by atoms with Crippen molar-refractivity contribution in [2.24, 2.45) is 0 Å². The zero-order valence-corrected chi connectivity index (χ0v) is 10.7. The van der Waals surface area contributed by atoms with Gasteiger partial charge in [-0.15, -0.1) is 0 Å². The highest BCUT2D eigenvalue weighted by Crippen LogP contribution is 2.21. The van der Waals surface area contributed by atoms with Crippen molar-refractivity contribution in [2.75, 3.05) is 31.1 Å². The van der Waals surface area contributed by atoms with Crippen molar-refractivity contribution in [3.05, 3.63) is 29.3 Å². The van der Waals surface area contributed by atoms with Gasteiger partial charge in [0, 0.05) is 36.4 Å². The lowest BCUT2D eigenvalue weighted by Crippen LogP contribution is -2.46. The molecule has 4 heteroatoms. The van der Waals surface area contributed by atoms with E-state index < -0.39 is 0 Å². The van der Waals surface area contributed by atoms with Crippen molar-refractivity contribution >= 4 is 17.3 Å². The summed E-state index contributed by atoms with van der Waals surface area (Å²) in [6, 6.07) is 8.48. The Morgan fingerprint density at radius 2 is 2.12 bits per heavy atom. The molecule has 1 atom stereocenters. The maximum Gasteiger partial charge on any atom is 0.0556 e. The van der Waals surface area contributed by atoms with E-state index in [0.29, 0.717) is 12.6 Å². The number of aliphatic hydroxyl groups excluding tert-OH is 1. The molecule has 1 aromatic carbocycles. The van der Waals surface area contributed by atoms with Crippen molar-refractivity contribution in [3.63, 3.8) is 0 Å². The molecule has 1 aromatic rings. The summed E-state index contributed by atoms with van der Waals surface area (Å²) in [5.41, 5.74) is 1.23. The molecule has 17 heavy (non-hydrogen) atoms. The van der Waals surface area contributed by atoms with Gasteiger partial charge in [0.05, 0.1) is 6.61 Å². The first-order valence-electron chi connectivity index (χ1n) is 6.14. The number of hydrogen-bond acceptors (Lipinski definition) is 3. The van der Waals surface area contributed by atoms with Gasteiger partial charge >= 0.3 is 0 Å². The van der Waals surface area contributed by atoms with Crippen molar-refractivity contribution < 1.29 is 5.11 Å². The second-order valence-electron chi connectivity index (χ2n) is 4.44. The SMILES string of the molecule is OCCNC1CCCN(c2ccc(Cl)cc2)C1. The highest BCUT2D eigenvalue weighted by molar-refractivity contribution is 6.30. The number of piperidine rings is 1. The first-order valence-corrected chi connectivity index (χ1v) is 6.52. The third kappa shape index (κ3) is 3.60. The fourth-order valence-electron chi connectivity index (χ4n) is 2.30. The van der Waals surface area contributed by atoms with Gasteiger partial charge in [0.2, 0.25) is 0 Å². The molecule has 0 radical (unpaired) electrons. The Labute approximate surface area is 107 Å². The van der Waals surface area contributed by atoms with Crippen LogP contribution in [-0.4, -0.2) is 37.4 Å². The Hall–Kier alpha value is -0.770. The van der Waals surface area contributed by atoms with E-state index in [4.69, 9.17) is 16.7 Å². The third-order valence-electron chi connectivity index (χ3n) is 3.16. The van der Waals surface area contributed by atoms with Crippen LogP contribution in [0.5, 0.6) is 0 Å². The number of anilines is 1. The maximum atomic E-state index is 8.82. The summed E-state index contributed by atoms with van der Waals surface area (Å²) in [5, 5.41) is 13.0. The minimum Gasteiger partial charge on any atom is -0.395 e. The lowest BCUT2D eigenvalue weighted by molar-refractivity contribution is 0.278. The molecular weight excluding hydrogens is 236 g/mol. The average molecular weight is 255 g/mol. The first kappa shape index (κ1) is 12.7. The maximum absolute atomic E-state index is 8.82. The van der Waals surface area contributed by atoms with Crippen LogP contribution in [0.2, 0.25) is 5.02 Å². The van der Waals surface area contributed by atoms with Crippen molar-refractivity contribution in [2.45, 2.75) is 18.9 Å². The standard InChI is InChI=1S/C13H19ClN2O/c14-11-3-5-13(6-4-11)16-8-1-2-12(10-16)15-7-9-17/h3-6,12,15,17H,1-2,7-10H2. The van der Waals surface area contributed by atoms with Gasteiger partial charge in [0.1, 0.15) is 0 Å². The summed E-state index contributed by atoms with van der Waals surface area (Å²) >= 11 is 5.89. The van der Waals surface area contributed by atoms with E-state index >= 15 is 0 Å². The molecule has 0 spiro atoms. The molecule has 1 fully saturated rings. The summed E-state index contributed by atoms with van der Waals surface area (Å²) in [6.07, 6.45) is 2.37. The van der Waals surface area contributed by atoms with Crippen molar-refractivity contribution in [1.82, 2.24) is 5.32 Å². The minimum absolute atomic E-state index is 0.206. The van der Waals surface area contributed by atoms with Crippen LogP contribution in [0.1, 0.15) is 12.8 Å². The van der Waals surface area contributed by atoms with Gasteiger partial charge in [-0.25, -0.2) is 0 Å². The van der Waals surface area contributed by atoms with E-state index in [1.165, 1.54) is 18.5 Å². The molecule has 94 valence electrons. The Bertz CT molecular complexity index is 342. The van der Waals surface area contributed by atoms with Crippen molar-refractivity contribution in [1.29, 1.82) is 0 Å². The van der Waals surface area contributed by atoms with Gasteiger partial charge in [0.15, 0.2) is 0 Å². The lowest BCUT2D eigenvalue weighted by Gasteiger charge is -2.34. The first-order chi connectivity index (χ1) is 8.29. The Morgan fingerprint density at radius 1 is 1.35 bits per heavy atom. The fraction of sp³-hybridized carbons (Fsp3) is 0.538. The number of nitrogens with zero attached hydrogens (tertiary/aromatic N) is 1. The molecule has 0 bridgehead atoms. The van der Waals surface area contributed by atoms with Crippen LogP contribution in [0.4, 0.5) is 5.69 Å². The van der Waals surface area contributed by atoms with Gasteiger partial charge in [0.25, 0.3) is 0 Å². The predicted octanol–water partition coefficient (Wildman–Crippen LogP) is 1.89. The van der Waals surface area contributed by atoms with E-state index in [2.05, 4.69) is 22.3 Å². The van der Waals surface area contributed by atoms with Crippen LogP contribution < -0.4 is 10.2 Å². The molecule has 0 aliphatic carbocycles. The minimum atomic E-state index is 0.206. The number of nitrogens with one attached hydrogen (secondary N) is 1. The van der Waals surface area contributed by atoms with Gasteiger partial charge in [-0.3, -0.25) is 0 Å². The molecule has 1 unspecified atom stereocenters. The van der Waals surface area contributed by atoms with E-state index in [9.17, 15) is 0 Å². The highest BCUT2D eigenvalue weighted by atomic mass is 35.5. The molecule has 1 aliphatic rings. The fourth-order valence-corrected chi connectivity index (χ4v) is 2.42. The normalized spacial score (nSPS) is 20.6. The van der Waals surface area contributed by atoms with E-state index in [-0.39, 0.29) is 6.61 Å². The van der Waals surface area contributed by atoms with E-state index in [1.54, 1.807) is 0 Å². The second kappa shape index (κ2) is 6.24. The summed E-state index contributed by atoms with van der Waals surface area (Å²) in [7, 11) is 0. The lowest BCUT2D eigenvalue weighted by atomic mass is 10.0. The predicted molar refractivity (Wildman–Crippen MR) is 71.8 cm³/mol. The molecule has 1 aliphatic heterocycles. The van der Waals surface area contributed by atoms with E-state index in [0.717, 1.165) is 18.1 Å². The Balaban J connectivity index is 1.94. The topological polar surface area (TPSA) is 35.5 Å². The second-order valence-corrected chi connectivity index (χ2v) is 4.88. The molecule has 1 saturated heterocycles. The van der Waals surface area contributed by atoms with Crippen molar-refractivity contribution in [3.8, 4) is 0 Å². The van der Waals surface area contributed by atoms with Gasteiger partial charge < -0.3 is 15.3 Å². The van der Waals surface area contributed by atoms with Crippen LogP contribution in [-0.2, 0) is 0 Å². The molecule has 0 amide bonds. The summed E-state index contributed by atoms with van der Waals surface area (Å²) in [5.74, 6) is 0. The van der Waals surface area contributed by atoms with Crippen LogP contribution in [0.25, 0.3) is 0 Å². The molecule has 2 N–H and O–H groups in total. The Morgan fingerprint density at radius 3 is 2.82 bits per heavy atom. The summed E-state index contributed by atoms with van der Waals surface area (Å²) in [4.78, 5) is 2.37. The largest absolute Gasteiger partial charge is 0.395 e. The molecule has 2 rings (SSSR count). The van der Waals surface area contributed by atoms with Crippen LogP contribution in [0, 0.1) is 0 Å². The van der Waals surface area contributed by atoms with Crippen LogP contribution in [0.3, 0.4) is 0 Å². The number of halogens is 1.